The van der Waals surface area contributed by atoms with Crippen molar-refractivity contribution in [3.63, 3.8) is 0 Å². The van der Waals surface area contributed by atoms with Crippen LogP contribution in [-0.2, 0) is 6.42 Å². The normalized spacial score (nSPS) is 16.2. The Bertz CT molecular complexity index is 565. The van der Waals surface area contributed by atoms with Crippen molar-refractivity contribution in [2.24, 2.45) is 0 Å². The molecule has 1 aromatic carbocycles. The Kier molecular flexibility index (Phi) is 3.00. The fraction of sp³-hybridized carbons (Fsp3) is 0.333. The second-order valence-corrected chi connectivity index (χ2v) is 5.43. The maximum atomic E-state index is 3.37. The summed E-state index contributed by atoms with van der Waals surface area (Å²) in [5, 5.41) is 7.14. The summed E-state index contributed by atoms with van der Waals surface area (Å²) < 4.78 is 1.41. The van der Waals surface area contributed by atoms with Gasteiger partial charge in [0.25, 0.3) is 0 Å². The van der Waals surface area contributed by atoms with Crippen LogP contribution < -0.4 is 5.32 Å². The fourth-order valence-electron chi connectivity index (χ4n) is 2.41. The van der Waals surface area contributed by atoms with E-state index in [2.05, 4.69) is 41.9 Å². The van der Waals surface area contributed by atoms with Crippen LogP contribution in [-0.4, -0.2) is 13.1 Å². The molecular weight excluding hydrogens is 226 g/mol. The first-order chi connectivity index (χ1) is 8.38. The first-order valence-corrected chi connectivity index (χ1v) is 7.16. The van der Waals surface area contributed by atoms with Gasteiger partial charge in [-0.15, -0.1) is 11.3 Å². The molecule has 0 spiro atoms. The van der Waals surface area contributed by atoms with Gasteiger partial charge in [0.15, 0.2) is 0 Å². The molecule has 0 saturated carbocycles. The highest BCUT2D eigenvalue weighted by Crippen LogP contribution is 2.33. The van der Waals surface area contributed by atoms with Crippen molar-refractivity contribution in [1.29, 1.82) is 0 Å². The van der Waals surface area contributed by atoms with Gasteiger partial charge in [0.05, 0.1) is 0 Å². The first kappa shape index (κ1) is 11.0. The van der Waals surface area contributed by atoms with Gasteiger partial charge in [-0.05, 0) is 53.6 Å². The van der Waals surface area contributed by atoms with Crippen molar-refractivity contribution in [3.05, 3.63) is 40.8 Å². The molecule has 2 heteroatoms. The molecule has 2 aromatic rings. The van der Waals surface area contributed by atoms with Gasteiger partial charge in [-0.2, -0.15) is 0 Å². The molecule has 0 radical (unpaired) electrons. The van der Waals surface area contributed by atoms with Gasteiger partial charge < -0.3 is 5.32 Å². The van der Waals surface area contributed by atoms with Crippen LogP contribution >= 0.6 is 11.3 Å². The molecule has 3 rings (SSSR count). The van der Waals surface area contributed by atoms with E-state index in [-0.39, 0.29) is 0 Å². The van der Waals surface area contributed by atoms with Gasteiger partial charge in [-0.3, -0.25) is 0 Å². The smallest absolute Gasteiger partial charge is 0.0349 e. The van der Waals surface area contributed by atoms with Crippen LogP contribution in [0.15, 0.2) is 29.7 Å². The summed E-state index contributed by atoms with van der Waals surface area (Å²) in [6, 6.07) is 6.88. The van der Waals surface area contributed by atoms with Crippen LogP contribution in [0.25, 0.3) is 15.7 Å². The third-order valence-electron chi connectivity index (χ3n) is 3.46. The van der Waals surface area contributed by atoms with Crippen LogP contribution in [0, 0.1) is 0 Å². The number of thiophene rings is 1. The molecule has 0 atom stereocenters. The number of hydrogen-bond acceptors (Lipinski definition) is 2. The molecule has 17 heavy (non-hydrogen) atoms. The average Bonchev–Trinajstić information content (AvgIpc) is 2.82. The summed E-state index contributed by atoms with van der Waals surface area (Å²) >= 11 is 1.87. The highest BCUT2D eigenvalue weighted by Gasteiger charge is 2.11. The average molecular weight is 243 g/mol. The van der Waals surface area contributed by atoms with Gasteiger partial charge in [0.1, 0.15) is 0 Å². The predicted octanol–water partition coefficient (Wildman–Crippen LogP) is 3.84. The van der Waals surface area contributed by atoms with Gasteiger partial charge in [-0.25, -0.2) is 0 Å². The molecule has 1 aliphatic heterocycles. The van der Waals surface area contributed by atoms with Gasteiger partial charge in [0, 0.05) is 16.6 Å². The highest BCUT2D eigenvalue weighted by molar-refractivity contribution is 7.17. The Hall–Kier alpha value is -1.12. The largest absolute Gasteiger partial charge is 0.313 e. The molecule has 1 N–H and O–H groups in total. The lowest BCUT2D eigenvalue weighted by Crippen LogP contribution is -2.19. The lowest BCUT2D eigenvalue weighted by atomic mass is 9.98. The molecule has 0 aliphatic carbocycles. The minimum absolute atomic E-state index is 1.01. The summed E-state index contributed by atoms with van der Waals surface area (Å²) in [5.74, 6) is 0. The monoisotopic (exact) mass is 243 g/mol. The Labute approximate surface area is 106 Å². The Balaban J connectivity index is 2.12. The summed E-state index contributed by atoms with van der Waals surface area (Å²) in [6.45, 7) is 4.34. The molecule has 88 valence electrons. The zero-order valence-electron chi connectivity index (χ0n) is 10.1. The molecule has 1 aromatic heterocycles. The van der Waals surface area contributed by atoms with E-state index in [1.807, 2.05) is 11.3 Å². The fourth-order valence-corrected chi connectivity index (χ4v) is 3.38. The second-order valence-electron chi connectivity index (χ2n) is 4.52. The van der Waals surface area contributed by atoms with Crippen LogP contribution in [0.4, 0.5) is 0 Å². The molecule has 0 fully saturated rings. The molecule has 1 aliphatic rings. The van der Waals surface area contributed by atoms with Crippen molar-refractivity contribution in [1.82, 2.24) is 5.32 Å². The number of nitrogens with one attached hydrogen (secondary N) is 1. The summed E-state index contributed by atoms with van der Waals surface area (Å²) in [7, 11) is 0. The van der Waals surface area contributed by atoms with Crippen LogP contribution in [0.1, 0.15) is 24.5 Å². The third kappa shape index (κ3) is 2.03. The van der Waals surface area contributed by atoms with Crippen molar-refractivity contribution >= 4 is 27.0 Å². The van der Waals surface area contributed by atoms with E-state index in [4.69, 9.17) is 0 Å². The number of rotatable bonds is 2. The number of aryl methyl sites for hydroxylation is 1. The van der Waals surface area contributed by atoms with E-state index in [1.54, 1.807) is 0 Å². The molecule has 0 bridgehead atoms. The summed E-state index contributed by atoms with van der Waals surface area (Å²) in [5.41, 5.74) is 4.41. The Morgan fingerprint density at radius 3 is 3.06 bits per heavy atom. The zero-order valence-corrected chi connectivity index (χ0v) is 10.9. The number of fused-ring (bicyclic) bond motifs is 1. The molecular formula is C15H17NS. The van der Waals surface area contributed by atoms with E-state index >= 15 is 0 Å². The first-order valence-electron chi connectivity index (χ1n) is 6.28. The quantitative estimate of drug-likeness (QED) is 0.845. The number of benzene rings is 1. The SMILES string of the molecule is CCc1ccc2scc(C3=CCNCC3)c2c1. The summed E-state index contributed by atoms with van der Waals surface area (Å²) in [6.07, 6.45) is 4.61. The highest BCUT2D eigenvalue weighted by atomic mass is 32.1. The van der Waals surface area contributed by atoms with Crippen LogP contribution in [0.3, 0.4) is 0 Å². The van der Waals surface area contributed by atoms with Crippen molar-refractivity contribution in [2.75, 3.05) is 13.1 Å². The van der Waals surface area contributed by atoms with Crippen LogP contribution in [0.5, 0.6) is 0 Å². The van der Waals surface area contributed by atoms with E-state index < -0.39 is 0 Å². The van der Waals surface area contributed by atoms with Gasteiger partial charge in [0.2, 0.25) is 0 Å². The molecule has 1 nitrogen and oxygen atoms in total. The molecule has 2 heterocycles. The summed E-state index contributed by atoms with van der Waals surface area (Å²) in [4.78, 5) is 0. The maximum absolute atomic E-state index is 3.37. The van der Waals surface area contributed by atoms with Crippen LogP contribution in [0.2, 0.25) is 0 Å². The predicted molar refractivity (Wildman–Crippen MR) is 76.7 cm³/mol. The minimum atomic E-state index is 1.01. The van der Waals surface area contributed by atoms with Gasteiger partial charge in [-0.1, -0.05) is 19.1 Å². The second kappa shape index (κ2) is 4.63. The zero-order chi connectivity index (χ0) is 11.7. The standard InChI is InChI=1S/C15H17NS/c1-2-11-3-4-15-13(9-11)14(10-17-15)12-5-7-16-8-6-12/h3-5,9-10,16H,2,6-8H2,1H3. The third-order valence-corrected chi connectivity index (χ3v) is 4.42. The molecule has 0 saturated heterocycles. The lowest BCUT2D eigenvalue weighted by Gasteiger charge is -2.13. The van der Waals surface area contributed by atoms with E-state index in [1.165, 1.54) is 26.8 Å². The Morgan fingerprint density at radius 1 is 1.35 bits per heavy atom. The van der Waals surface area contributed by atoms with Gasteiger partial charge >= 0.3 is 0 Å². The van der Waals surface area contributed by atoms with Crippen molar-refractivity contribution in [2.45, 2.75) is 19.8 Å². The van der Waals surface area contributed by atoms with E-state index in [0.29, 0.717) is 0 Å². The number of hydrogen-bond donors (Lipinski definition) is 1. The lowest BCUT2D eigenvalue weighted by molar-refractivity contribution is 0.739. The molecule has 0 unspecified atom stereocenters. The van der Waals surface area contributed by atoms with Crippen molar-refractivity contribution in [3.8, 4) is 0 Å². The van der Waals surface area contributed by atoms with Crippen molar-refractivity contribution < 1.29 is 0 Å². The molecule has 0 amide bonds. The topological polar surface area (TPSA) is 12.0 Å². The Morgan fingerprint density at radius 2 is 2.29 bits per heavy atom. The van der Waals surface area contributed by atoms with E-state index in [9.17, 15) is 0 Å². The maximum Gasteiger partial charge on any atom is 0.0349 e. The van der Waals surface area contributed by atoms with E-state index in [0.717, 1.165) is 25.9 Å². The minimum Gasteiger partial charge on any atom is -0.313 e.